The second-order valence-corrected chi connectivity index (χ2v) is 5.78. The van der Waals surface area contributed by atoms with Crippen molar-refractivity contribution in [1.29, 1.82) is 0 Å². The minimum atomic E-state index is -0.885. The molecular weight excluding hydrogens is 325 g/mol. The summed E-state index contributed by atoms with van der Waals surface area (Å²) in [5, 5.41) is 0. The molecule has 0 aromatic heterocycles. The number of hydrogen-bond donors (Lipinski definition) is 2. The van der Waals surface area contributed by atoms with E-state index in [1.54, 1.807) is 0 Å². The molecule has 124 valence electrons. The molecule has 3 amide bonds. The number of halogens is 1. The van der Waals surface area contributed by atoms with Crippen molar-refractivity contribution in [3.8, 4) is 5.75 Å². The lowest BCUT2D eigenvalue weighted by Gasteiger charge is -2.17. The van der Waals surface area contributed by atoms with Gasteiger partial charge in [-0.3, -0.25) is 25.2 Å². The highest BCUT2D eigenvalue weighted by Crippen LogP contribution is 2.14. The maximum absolute atomic E-state index is 12.8. The van der Waals surface area contributed by atoms with Crippen molar-refractivity contribution >= 4 is 29.5 Å². The Morgan fingerprint density at radius 3 is 2.65 bits per heavy atom. The summed E-state index contributed by atoms with van der Waals surface area (Å²) in [6.07, 6.45) is -0.885. The third-order valence-electron chi connectivity index (χ3n) is 2.98. The number of rotatable bonds is 5. The van der Waals surface area contributed by atoms with Gasteiger partial charge in [0.25, 0.3) is 11.8 Å². The maximum Gasteiger partial charge on any atom is 0.279 e. The van der Waals surface area contributed by atoms with Crippen molar-refractivity contribution < 1.29 is 23.5 Å². The zero-order chi connectivity index (χ0) is 16.8. The van der Waals surface area contributed by atoms with E-state index in [1.165, 1.54) is 47.9 Å². The van der Waals surface area contributed by atoms with Crippen molar-refractivity contribution in [3.63, 3.8) is 0 Å². The largest absolute Gasteiger partial charge is 0.481 e. The number of nitrogens with zero attached hydrogens (tertiary/aromatic N) is 1. The van der Waals surface area contributed by atoms with E-state index in [0.717, 1.165) is 0 Å². The zero-order valence-electron chi connectivity index (χ0n) is 12.4. The fourth-order valence-corrected chi connectivity index (χ4v) is 2.66. The van der Waals surface area contributed by atoms with E-state index < -0.39 is 23.7 Å². The molecule has 1 fully saturated rings. The van der Waals surface area contributed by atoms with Crippen molar-refractivity contribution in [3.05, 3.63) is 30.1 Å². The molecule has 0 bridgehead atoms. The first-order valence-electron chi connectivity index (χ1n) is 6.82. The third-order valence-corrected chi connectivity index (χ3v) is 3.93. The molecule has 0 saturated carbocycles. The standard InChI is InChI=1S/C14H16FN3O4S/c1-9(22-11-4-2-10(15)3-5-11)14(21)17-16-12(19)6-18-8-23-7-13(18)20/h2-5,9H,6-8H2,1H3,(H,16,19)(H,17,21). The second-order valence-electron chi connectivity index (χ2n) is 4.82. The van der Waals surface area contributed by atoms with Gasteiger partial charge in [0.1, 0.15) is 18.1 Å². The Kier molecular flexibility index (Phi) is 5.80. The van der Waals surface area contributed by atoms with Crippen LogP contribution in [0.4, 0.5) is 4.39 Å². The van der Waals surface area contributed by atoms with Crippen LogP contribution in [-0.4, -0.2) is 46.9 Å². The summed E-state index contributed by atoms with van der Waals surface area (Å²) in [7, 11) is 0. The van der Waals surface area contributed by atoms with Gasteiger partial charge in [0, 0.05) is 0 Å². The first kappa shape index (κ1) is 17.1. The van der Waals surface area contributed by atoms with Gasteiger partial charge in [-0.25, -0.2) is 4.39 Å². The molecule has 2 N–H and O–H groups in total. The van der Waals surface area contributed by atoms with Crippen molar-refractivity contribution in [2.45, 2.75) is 13.0 Å². The number of amides is 3. The Morgan fingerprint density at radius 1 is 1.35 bits per heavy atom. The van der Waals surface area contributed by atoms with E-state index in [9.17, 15) is 18.8 Å². The number of hydrazine groups is 1. The van der Waals surface area contributed by atoms with Gasteiger partial charge >= 0.3 is 0 Å². The molecule has 7 nitrogen and oxygen atoms in total. The third kappa shape index (κ3) is 5.13. The fraction of sp³-hybridized carbons (Fsp3) is 0.357. The number of thioether (sulfide) groups is 1. The molecule has 9 heteroatoms. The average Bonchev–Trinajstić information content (AvgIpc) is 2.92. The molecule has 1 saturated heterocycles. The summed E-state index contributed by atoms with van der Waals surface area (Å²) >= 11 is 1.43. The van der Waals surface area contributed by atoms with Crippen LogP contribution in [0.3, 0.4) is 0 Å². The molecule has 1 aliphatic heterocycles. The smallest absolute Gasteiger partial charge is 0.279 e. The van der Waals surface area contributed by atoms with Gasteiger partial charge in [-0.15, -0.1) is 11.8 Å². The molecule has 23 heavy (non-hydrogen) atoms. The highest BCUT2D eigenvalue weighted by atomic mass is 32.2. The Morgan fingerprint density at radius 2 is 2.04 bits per heavy atom. The Balaban J connectivity index is 1.73. The first-order chi connectivity index (χ1) is 11.0. The van der Waals surface area contributed by atoms with Crippen LogP contribution in [0.25, 0.3) is 0 Å². The molecular formula is C14H16FN3O4S. The van der Waals surface area contributed by atoms with E-state index in [1.807, 2.05) is 0 Å². The predicted molar refractivity (Wildman–Crippen MR) is 81.8 cm³/mol. The van der Waals surface area contributed by atoms with Gasteiger partial charge in [-0.05, 0) is 31.2 Å². The molecule has 0 aliphatic carbocycles. The van der Waals surface area contributed by atoms with Crippen LogP contribution in [-0.2, 0) is 14.4 Å². The van der Waals surface area contributed by atoms with Crippen molar-refractivity contribution in [2.75, 3.05) is 18.2 Å². The van der Waals surface area contributed by atoms with Crippen molar-refractivity contribution in [2.24, 2.45) is 0 Å². The second kappa shape index (κ2) is 7.82. The number of carbonyl (C=O) groups is 3. The van der Waals surface area contributed by atoms with Crippen LogP contribution in [0.15, 0.2) is 24.3 Å². The van der Waals surface area contributed by atoms with Gasteiger partial charge in [0.05, 0.1) is 11.6 Å². The number of ether oxygens (including phenoxy) is 1. The topological polar surface area (TPSA) is 87.7 Å². The van der Waals surface area contributed by atoms with E-state index in [4.69, 9.17) is 4.74 Å². The Bertz CT molecular complexity index is 596. The summed E-state index contributed by atoms with van der Waals surface area (Å²) < 4.78 is 18.1. The van der Waals surface area contributed by atoms with Crippen LogP contribution >= 0.6 is 11.8 Å². The Labute approximate surface area is 136 Å². The molecule has 1 aromatic rings. The van der Waals surface area contributed by atoms with Gasteiger partial charge in [-0.2, -0.15) is 0 Å². The van der Waals surface area contributed by atoms with E-state index >= 15 is 0 Å². The predicted octanol–water partition coefficient (Wildman–Crippen LogP) is 0.273. The minimum Gasteiger partial charge on any atom is -0.481 e. The number of carbonyl (C=O) groups excluding carboxylic acids is 3. The number of benzene rings is 1. The monoisotopic (exact) mass is 341 g/mol. The van der Waals surface area contributed by atoms with Gasteiger partial charge < -0.3 is 9.64 Å². The van der Waals surface area contributed by atoms with Crippen LogP contribution in [0.2, 0.25) is 0 Å². The molecule has 0 radical (unpaired) electrons. The van der Waals surface area contributed by atoms with Crippen LogP contribution in [0.1, 0.15) is 6.92 Å². The van der Waals surface area contributed by atoms with E-state index in [0.29, 0.717) is 17.4 Å². The summed E-state index contributed by atoms with van der Waals surface area (Å²) in [6, 6.07) is 5.22. The number of nitrogens with one attached hydrogen (secondary N) is 2. The summed E-state index contributed by atoms with van der Waals surface area (Å²) in [5.74, 6) is -0.416. The molecule has 1 aliphatic rings. The maximum atomic E-state index is 12.8. The Hall–Kier alpha value is -2.29. The quantitative estimate of drug-likeness (QED) is 0.751. The zero-order valence-corrected chi connectivity index (χ0v) is 13.2. The lowest BCUT2D eigenvalue weighted by Crippen LogP contribution is -2.50. The van der Waals surface area contributed by atoms with Crippen LogP contribution in [0.5, 0.6) is 5.75 Å². The molecule has 1 atom stereocenters. The molecule has 2 rings (SSSR count). The van der Waals surface area contributed by atoms with Crippen LogP contribution < -0.4 is 15.6 Å². The van der Waals surface area contributed by atoms with E-state index in [2.05, 4.69) is 10.9 Å². The lowest BCUT2D eigenvalue weighted by atomic mass is 10.3. The minimum absolute atomic E-state index is 0.107. The fourth-order valence-electron chi connectivity index (χ4n) is 1.76. The molecule has 1 aromatic carbocycles. The lowest BCUT2D eigenvalue weighted by molar-refractivity contribution is -0.135. The first-order valence-corrected chi connectivity index (χ1v) is 7.97. The van der Waals surface area contributed by atoms with Gasteiger partial charge in [-0.1, -0.05) is 0 Å². The van der Waals surface area contributed by atoms with Crippen molar-refractivity contribution in [1.82, 2.24) is 15.8 Å². The van der Waals surface area contributed by atoms with Gasteiger partial charge in [0.15, 0.2) is 6.10 Å². The van der Waals surface area contributed by atoms with Gasteiger partial charge in [0.2, 0.25) is 5.91 Å². The molecule has 1 heterocycles. The highest BCUT2D eigenvalue weighted by Gasteiger charge is 2.23. The summed E-state index contributed by atoms with van der Waals surface area (Å²) in [4.78, 5) is 36.2. The summed E-state index contributed by atoms with van der Waals surface area (Å²) in [6.45, 7) is 1.38. The summed E-state index contributed by atoms with van der Waals surface area (Å²) in [5.41, 5.74) is 4.44. The highest BCUT2D eigenvalue weighted by molar-refractivity contribution is 8.00. The molecule has 0 spiro atoms. The SMILES string of the molecule is CC(Oc1ccc(F)cc1)C(=O)NNC(=O)CN1CSCC1=O. The number of hydrogen-bond acceptors (Lipinski definition) is 5. The molecule has 1 unspecified atom stereocenters. The van der Waals surface area contributed by atoms with E-state index in [-0.39, 0.29) is 12.5 Å². The normalized spacial score (nSPS) is 15.2. The average molecular weight is 341 g/mol. The van der Waals surface area contributed by atoms with Crippen LogP contribution in [0, 0.1) is 5.82 Å².